The van der Waals surface area contributed by atoms with Gasteiger partial charge < -0.3 is 69.5 Å². The molecule has 394 valence electrons. The second-order valence-electron chi connectivity index (χ2n) is 17.7. The molecule has 1 atom stereocenters. The third-order valence-electron chi connectivity index (χ3n) is 12.3. The number of carbonyl (C=O) groups excluding carboxylic acids is 8. The van der Waals surface area contributed by atoms with E-state index in [4.69, 9.17) is 9.47 Å². The molecule has 7 aromatic rings. The first-order valence-corrected chi connectivity index (χ1v) is 23.9. The Balaban J connectivity index is 0.869. The van der Waals surface area contributed by atoms with Crippen LogP contribution in [0.1, 0.15) is 89.6 Å². The van der Waals surface area contributed by atoms with Gasteiger partial charge in [0, 0.05) is 97.8 Å². The summed E-state index contributed by atoms with van der Waals surface area (Å²) in [5.41, 5.74) is 4.99. The van der Waals surface area contributed by atoms with Crippen LogP contribution < -0.4 is 37.2 Å². The van der Waals surface area contributed by atoms with Gasteiger partial charge in [0.15, 0.2) is 17.5 Å². The van der Waals surface area contributed by atoms with Crippen molar-refractivity contribution in [2.24, 2.45) is 35.2 Å². The number of nitrogens with one attached hydrogen (secondary N) is 7. The lowest BCUT2D eigenvalue weighted by Gasteiger charge is -2.20. The molecule has 0 radical (unpaired) electrons. The van der Waals surface area contributed by atoms with Crippen molar-refractivity contribution < 1.29 is 47.8 Å². The van der Waals surface area contributed by atoms with Crippen LogP contribution >= 0.6 is 0 Å². The number of esters is 1. The summed E-state index contributed by atoms with van der Waals surface area (Å²) >= 11 is 0. The van der Waals surface area contributed by atoms with Gasteiger partial charge in [-0.2, -0.15) is 0 Å². The van der Waals surface area contributed by atoms with E-state index in [9.17, 15) is 38.4 Å². The summed E-state index contributed by atoms with van der Waals surface area (Å²) in [5, 5.41) is 18.7. The van der Waals surface area contributed by atoms with E-state index in [0.717, 1.165) is 22.3 Å². The molecule has 8 rings (SSSR count). The molecular weight excluding hydrogens is 983 g/mol. The molecule has 25 heteroatoms. The quantitative estimate of drug-likeness (QED) is 0.0537. The topological polar surface area (TPSA) is 303 Å². The zero-order valence-electron chi connectivity index (χ0n) is 42.3. The molecule has 0 saturated heterocycles. The lowest BCUT2D eigenvalue weighted by atomic mass is 9.98. The molecule has 5 heterocycles. The van der Waals surface area contributed by atoms with E-state index >= 15 is 0 Å². The number of hydrogen-bond donors (Lipinski definition) is 7. The van der Waals surface area contributed by atoms with Gasteiger partial charge in [0.2, 0.25) is 23.5 Å². The van der Waals surface area contributed by atoms with E-state index in [0.29, 0.717) is 5.69 Å². The molecule has 2 aromatic carbocycles. The first kappa shape index (κ1) is 52.5. The maximum absolute atomic E-state index is 14.0. The average molecular weight is 1040 g/mol. The zero-order chi connectivity index (χ0) is 54.2. The van der Waals surface area contributed by atoms with Crippen molar-refractivity contribution >= 4 is 70.5 Å². The van der Waals surface area contributed by atoms with Crippen LogP contribution in [-0.4, -0.2) is 118 Å². The summed E-state index contributed by atoms with van der Waals surface area (Å²) in [7, 11) is 8.03. The van der Waals surface area contributed by atoms with Crippen molar-refractivity contribution in [1.29, 1.82) is 0 Å². The number of benzene rings is 2. The predicted octanol–water partition coefficient (Wildman–Crippen LogP) is 3.67. The second-order valence-corrected chi connectivity index (χ2v) is 17.7. The van der Waals surface area contributed by atoms with Gasteiger partial charge >= 0.3 is 12.1 Å². The summed E-state index contributed by atoms with van der Waals surface area (Å²) in [6, 6.07) is 17.3. The molecule has 76 heavy (non-hydrogen) atoms. The molecule has 1 unspecified atom stereocenters. The maximum atomic E-state index is 14.0. The number of rotatable bonds is 20. The predicted molar refractivity (Wildman–Crippen MR) is 275 cm³/mol. The summed E-state index contributed by atoms with van der Waals surface area (Å²) < 4.78 is 18.1. The third-order valence-corrected chi connectivity index (χ3v) is 12.3. The minimum Gasteiger partial charge on any atom is -0.460 e. The lowest BCUT2D eigenvalue weighted by molar-refractivity contribution is -0.118. The molecule has 1 aliphatic carbocycles. The van der Waals surface area contributed by atoms with Crippen molar-refractivity contribution in [3.05, 3.63) is 138 Å². The number of fused-ring (bicyclic) bond motifs is 3. The fraction of sp³-hybridized carbons (Fsp3) is 0.275. The highest BCUT2D eigenvalue weighted by atomic mass is 16.5. The number of nitrogens with zero attached hydrogens (tertiary/aromatic N) is 8. The molecule has 0 aliphatic heterocycles. The Labute approximate surface area is 434 Å². The number of imidazole rings is 3. The van der Waals surface area contributed by atoms with Gasteiger partial charge in [-0.25, -0.2) is 24.5 Å². The fourth-order valence-corrected chi connectivity index (χ4v) is 8.59. The molecule has 7 N–H and O–H groups in total. The number of amides is 7. The van der Waals surface area contributed by atoms with E-state index in [1.165, 1.54) is 55.2 Å². The monoisotopic (exact) mass is 1040 g/mol. The van der Waals surface area contributed by atoms with E-state index < -0.39 is 53.5 Å². The highest BCUT2D eigenvalue weighted by Crippen LogP contribution is 2.44. The van der Waals surface area contributed by atoms with E-state index in [-0.39, 0.29) is 91.2 Å². The van der Waals surface area contributed by atoms with Crippen LogP contribution in [0.25, 0.3) is 11.1 Å². The van der Waals surface area contributed by atoms with Crippen LogP contribution in [0.4, 0.5) is 27.8 Å². The maximum Gasteiger partial charge on any atom is 0.407 e. The number of aromatic nitrogens is 8. The van der Waals surface area contributed by atoms with Gasteiger partial charge in [-0.3, -0.25) is 28.8 Å². The van der Waals surface area contributed by atoms with Crippen LogP contribution in [-0.2, 0) is 54.3 Å². The number of carbonyl (C=O) groups is 8. The molecular formula is C51H55N15O10. The summed E-state index contributed by atoms with van der Waals surface area (Å²) in [6.45, 7) is 1.58. The first-order chi connectivity index (χ1) is 36.5. The number of alkyl carbamates (subject to hydrolysis) is 1. The van der Waals surface area contributed by atoms with Crippen LogP contribution in [0.3, 0.4) is 0 Å². The second kappa shape index (κ2) is 22.9. The van der Waals surface area contributed by atoms with Gasteiger partial charge in [0.05, 0.1) is 18.0 Å². The van der Waals surface area contributed by atoms with Crippen molar-refractivity contribution in [2.75, 3.05) is 47.6 Å². The van der Waals surface area contributed by atoms with Gasteiger partial charge in [-0.05, 0) is 47.7 Å². The van der Waals surface area contributed by atoms with E-state index in [1.54, 1.807) is 59.1 Å². The molecule has 0 fully saturated rings. The Hall–Kier alpha value is -9.81. The highest BCUT2D eigenvalue weighted by molar-refractivity contribution is 6.05. The minimum absolute atomic E-state index is 0.0130. The molecule has 0 spiro atoms. The van der Waals surface area contributed by atoms with Gasteiger partial charge in [0.25, 0.3) is 23.6 Å². The fourth-order valence-electron chi connectivity index (χ4n) is 8.59. The van der Waals surface area contributed by atoms with E-state index in [1.807, 2.05) is 48.5 Å². The highest BCUT2D eigenvalue weighted by Gasteiger charge is 2.31. The Morgan fingerprint density at radius 1 is 0.605 bits per heavy atom. The first-order valence-electron chi connectivity index (χ1n) is 23.9. The number of anilines is 4. The third kappa shape index (κ3) is 12.0. The molecule has 0 saturated carbocycles. The van der Waals surface area contributed by atoms with Crippen LogP contribution in [0.15, 0.2) is 97.8 Å². The van der Waals surface area contributed by atoms with Crippen molar-refractivity contribution in [2.45, 2.75) is 31.7 Å². The van der Waals surface area contributed by atoms with Gasteiger partial charge in [-0.15, -0.1) is 0 Å². The average Bonchev–Trinajstić information content (AvgIpc) is 4.27. The number of hydrogen-bond acceptors (Lipinski definition) is 13. The smallest absolute Gasteiger partial charge is 0.407 e. The summed E-state index contributed by atoms with van der Waals surface area (Å²) in [5.74, 6) is -4.05. The number of ether oxygens (including phenoxy) is 2. The molecule has 1 aliphatic rings. The summed E-state index contributed by atoms with van der Waals surface area (Å²) in [4.78, 5) is 118. The largest absolute Gasteiger partial charge is 0.460 e. The van der Waals surface area contributed by atoms with Crippen molar-refractivity contribution in [3.8, 4) is 11.1 Å². The minimum atomic E-state index is -1.28. The Kier molecular flexibility index (Phi) is 15.9. The van der Waals surface area contributed by atoms with Gasteiger partial charge in [-0.1, -0.05) is 48.5 Å². The van der Waals surface area contributed by atoms with Crippen LogP contribution in [0, 0.1) is 0 Å². The van der Waals surface area contributed by atoms with Crippen molar-refractivity contribution in [1.82, 2.24) is 53.7 Å². The standard InChI is InChI=1S/C51H55N15O10/c1-7-75-50(73)44-60-40(27-66(44)6)61-47(70)38-23-29(24-64(38)4)55-45(68)36(57-51(74)76-28-35-33-14-10-8-12-31(33)32-13-9-11-15-34(32)35)16-18-54-48(71)43-59-39(26-65(43)5)58-41(67)17-19-53-46(69)37-22-30(25-63(37)3)56-49(72)42-52-20-21-62(42)2/h8-15,20-27,35-36H,7,16-19,28H2,1-6H3,(H,53,69)(H,54,71)(H,55,68)(H,56,72)(H,57,74)(H,58,67)(H,61,70). The van der Waals surface area contributed by atoms with Crippen LogP contribution in [0.2, 0.25) is 0 Å². The Bertz CT molecular complexity index is 3330. The molecule has 0 bridgehead atoms. The van der Waals surface area contributed by atoms with Gasteiger partial charge in [0.1, 0.15) is 24.0 Å². The Morgan fingerprint density at radius 3 is 1.84 bits per heavy atom. The Morgan fingerprint density at radius 2 is 1.20 bits per heavy atom. The van der Waals surface area contributed by atoms with Crippen molar-refractivity contribution in [3.63, 3.8) is 0 Å². The van der Waals surface area contributed by atoms with Crippen LogP contribution in [0.5, 0.6) is 0 Å². The lowest BCUT2D eigenvalue weighted by Crippen LogP contribution is -2.46. The normalized spacial score (nSPS) is 11.9. The number of aryl methyl sites for hydroxylation is 5. The zero-order valence-corrected chi connectivity index (χ0v) is 42.3. The van der Waals surface area contributed by atoms with E-state index in [2.05, 4.69) is 52.2 Å². The summed E-state index contributed by atoms with van der Waals surface area (Å²) in [6.07, 6.45) is 7.91. The SMILES string of the molecule is CCOC(=O)c1nc(NC(=O)c2cc(NC(=O)C(CCNC(=O)c3nc(NC(=O)CCNC(=O)c4cc(NC(=O)c5nccn5C)cn4C)cn3C)NC(=O)OCC3c4ccccc4-c4ccccc43)cn2C)cn1C. The molecule has 7 amide bonds. The molecule has 25 nitrogen and oxygen atoms in total. The molecule has 5 aromatic heterocycles.